The number of hydrogen-bond acceptors (Lipinski definition) is 3. The lowest BCUT2D eigenvalue weighted by atomic mass is 10.0. The summed E-state index contributed by atoms with van der Waals surface area (Å²) in [6.45, 7) is 1.65. The fraction of sp³-hybridized carbons (Fsp3) is 0.136. The smallest absolute Gasteiger partial charge is 0.137 e. The third kappa shape index (κ3) is 2.96. The first kappa shape index (κ1) is 17.2. The highest BCUT2D eigenvalue weighted by Crippen LogP contribution is 2.30. The van der Waals surface area contributed by atoms with Gasteiger partial charge in [0, 0.05) is 23.0 Å². The average Bonchev–Trinajstić information content (AvgIpc) is 3.04. The van der Waals surface area contributed by atoms with Gasteiger partial charge in [0.05, 0.1) is 19.4 Å². The van der Waals surface area contributed by atoms with Crippen LogP contribution in [0.25, 0.3) is 28.0 Å². The van der Waals surface area contributed by atoms with Crippen LogP contribution in [0.1, 0.15) is 11.3 Å². The highest BCUT2D eigenvalue weighted by Gasteiger charge is 2.14. The second-order valence-corrected chi connectivity index (χ2v) is 6.34. The van der Waals surface area contributed by atoms with Gasteiger partial charge in [0.15, 0.2) is 0 Å². The second kappa shape index (κ2) is 6.85. The summed E-state index contributed by atoms with van der Waals surface area (Å²) in [5, 5.41) is 9.55. The SMILES string of the molecule is COc1ccc(-c2nc3ccc(-c4cccc(F)c4CO)cn3c2C)cc1. The van der Waals surface area contributed by atoms with Crippen LogP contribution in [0.2, 0.25) is 0 Å². The molecule has 0 bridgehead atoms. The Hall–Kier alpha value is -3.18. The zero-order chi connectivity index (χ0) is 19.0. The molecule has 0 aliphatic rings. The molecule has 0 atom stereocenters. The fourth-order valence-corrected chi connectivity index (χ4v) is 3.33. The summed E-state index contributed by atoms with van der Waals surface area (Å²) >= 11 is 0. The lowest BCUT2D eigenvalue weighted by molar-refractivity contribution is 0.276. The Morgan fingerprint density at radius 2 is 1.78 bits per heavy atom. The summed E-state index contributed by atoms with van der Waals surface area (Å²) in [6.07, 6.45) is 1.93. The molecule has 0 spiro atoms. The number of hydrogen-bond donors (Lipinski definition) is 1. The van der Waals surface area contributed by atoms with Gasteiger partial charge < -0.3 is 14.2 Å². The lowest BCUT2D eigenvalue weighted by Gasteiger charge is -2.09. The molecular formula is C22H19FN2O2. The Balaban J connectivity index is 1.84. The molecule has 0 saturated heterocycles. The number of aliphatic hydroxyl groups excluding tert-OH is 1. The standard InChI is InChI=1S/C22H19FN2O2/c1-14-22(15-6-9-17(27-2)10-7-15)24-21-11-8-16(12-25(14)21)18-4-3-5-20(23)19(18)13-26/h3-12,26H,13H2,1-2H3. The predicted octanol–water partition coefficient (Wildman–Crippen LogP) is 4.62. The number of pyridine rings is 1. The van der Waals surface area contributed by atoms with Gasteiger partial charge in [-0.25, -0.2) is 9.37 Å². The van der Waals surface area contributed by atoms with E-state index in [9.17, 15) is 9.50 Å². The third-order valence-corrected chi connectivity index (χ3v) is 4.81. The van der Waals surface area contributed by atoms with Gasteiger partial charge in [-0.2, -0.15) is 0 Å². The van der Waals surface area contributed by atoms with E-state index in [0.29, 0.717) is 11.1 Å². The van der Waals surface area contributed by atoms with Crippen LogP contribution in [-0.4, -0.2) is 21.6 Å². The minimum Gasteiger partial charge on any atom is -0.497 e. The summed E-state index contributed by atoms with van der Waals surface area (Å²) < 4.78 is 21.2. The molecule has 2 heterocycles. The first-order chi connectivity index (χ1) is 13.1. The number of aryl methyl sites for hydroxylation is 1. The van der Waals surface area contributed by atoms with Crippen LogP contribution in [0.4, 0.5) is 4.39 Å². The zero-order valence-corrected chi connectivity index (χ0v) is 15.1. The van der Waals surface area contributed by atoms with Gasteiger partial charge in [-0.3, -0.25) is 0 Å². The molecule has 0 fully saturated rings. The molecule has 27 heavy (non-hydrogen) atoms. The van der Waals surface area contributed by atoms with Crippen LogP contribution in [0, 0.1) is 12.7 Å². The Bertz CT molecular complexity index is 1120. The van der Waals surface area contributed by atoms with Crippen molar-refractivity contribution in [2.24, 2.45) is 0 Å². The number of methoxy groups -OCH3 is 1. The molecule has 0 saturated carbocycles. The van der Waals surface area contributed by atoms with Gasteiger partial charge in [0.25, 0.3) is 0 Å². The van der Waals surface area contributed by atoms with Gasteiger partial charge in [-0.05, 0) is 60.5 Å². The Morgan fingerprint density at radius 3 is 2.48 bits per heavy atom. The molecule has 136 valence electrons. The molecule has 0 aliphatic heterocycles. The van der Waals surface area contributed by atoms with Crippen LogP contribution >= 0.6 is 0 Å². The molecule has 0 amide bonds. The van der Waals surface area contributed by atoms with E-state index in [1.807, 2.05) is 60.0 Å². The first-order valence-corrected chi connectivity index (χ1v) is 8.64. The van der Waals surface area contributed by atoms with Gasteiger partial charge in [-0.1, -0.05) is 12.1 Å². The Labute approximate surface area is 156 Å². The largest absolute Gasteiger partial charge is 0.497 e. The van der Waals surface area contributed by atoms with Crippen molar-refractivity contribution in [3.8, 4) is 28.1 Å². The van der Waals surface area contributed by atoms with E-state index in [0.717, 1.165) is 33.9 Å². The number of nitrogens with zero attached hydrogens (tertiary/aromatic N) is 2. The highest BCUT2D eigenvalue weighted by molar-refractivity contribution is 5.71. The molecule has 4 nitrogen and oxygen atoms in total. The highest BCUT2D eigenvalue weighted by atomic mass is 19.1. The maximum absolute atomic E-state index is 14.0. The van der Waals surface area contributed by atoms with Gasteiger partial charge >= 0.3 is 0 Å². The van der Waals surface area contributed by atoms with Crippen molar-refractivity contribution < 1.29 is 14.2 Å². The molecule has 4 aromatic rings. The van der Waals surface area contributed by atoms with Crippen LogP contribution < -0.4 is 4.74 Å². The number of ether oxygens (including phenoxy) is 1. The van der Waals surface area contributed by atoms with E-state index < -0.39 is 5.82 Å². The number of benzene rings is 2. The predicted molar refractivity (Wildman–Crippen MR) is 103 cm³/mol. The molecule has 0 unspecified atom stereocenters. The second-order valence-electron chi connectivity index (χ2n) is 6.34. The lowest BCUT2D eigenvalue weighted by Crippen LogP contribution is -1.96. The molecule has 2 aromatic carbocycles. The Kier molecular flexibility index (Phi) is 4.38. The van der Waals surface area contributed by atoms with Gasteiger partial charge in [-0.15, -0.1) is 0 Å². The monoisotopic (exact) mass is 362 g/mol. The van der Waals surface area contributed by atoms with Crippen molar-refractivity contribution in [2.45, 2.75) is 13.5 Å². The van der Waals surface area contributed by atoms with Crippen molar-refractivity contribution >= 4 is 5.65 Å². The van der Waals surface area contributed by atoms with E-state index in [-0.39, 0.29) is 6.61 Å². The van der Waals surface area contributed by atoms with Crippen LogP contribution in [0.5, 0.6) is 5.75 Å². The van der Waals surface area contributed by atoms with E-state index in [4.69, 9.17) is 9.72 Å². The van der Waals surface area contributed by atoms with Crippen LogP contribution in [0.15, 0.2) is 60.8 Å². The summed E-state index contributed by atoms with van der Waals surface area (Å²) in [5.41, 5.74) is 5.48. The van der Waals surface area contributed by atoms with Crippen molar-refractivity contribution in [3.05, 3.63) is 77.9 Å². The van der Waals surface area contributed by atoms with E-state index >= 15 is 0 Å². The van der Waals surface area contributed by atoms with E-state index in [1.165, 1.54) is 6.07 Å². The van der Waals surface area contributed by atoms with Crippen molar-refractivity contribution in [2.75, 3.05) is 7.11 Å². The molecule has 2 aromatic heterocycles. The van der Waals surface area contributed by atoms with Gasteiger partial charge in [0.2, 0.25) is 0 Å². The number of aliphatic hydroxyl groups is 1. The first-order valence-electron chi connectivity index (χ1n) is 8.64. The average molecular weight is 362 g/mol. The third-order valence-electron chi connectivity index (χ3n) is 4.81. The minimum absolute atomic E-state index is 0.296. The molecule has 5 heteroatoms. The molecular weight excluding hydrogens is 343 g/mol. The maximum Gasteiger partial charge on any atom is 0.137 e. The maximum atomic E-state index is 14.0. The normalized spacial score (nSPS) is 11.1. The minimum atomic E-state index is -0.406. The Morgan fingerprint density at radius 1 is 1.04 bits per heavy atom. The number of halogens is 1. The number of aromatic nitrogens is 2. The fourth-order valence-electron chi connectivity index (χ4n) is 3.33. The van der Waals surface area contributed by atoms with Crippen molar-refractivity contribution in [1.82, 2.24) is 9.38 Å². The zero-order valence-electron chi connectivity index (χ0n) is 15.1. The van der Waals surface area contributed by atoms with Crippen molar-refractivity contribution in [3.63, 3.8) is 0 Å². The van der Waals surface area contributed by atoms with E-state index in [1.54, 1.807) is 13.2 Å². The number of imidazole rings is 1. The van der Waals surface area contributed by atoms with E-state index in [2.05, 4.69) is 0 Å². The molecule has 4 rings (SSSR count). The molecule has 0 aliphatic carbocycles. The molecule has 0 radical (unpaired) electrons. The summed E-state index contributed by atoms with van der Waals surface area (Å²) in [7, 11) is 1.64. The number of rotatable bonds is 4. The number of fused-ring (bicyclic) bond motifs is 1. The quantitative estimate of drug-likeness (QED) is 0.576. The topological polar surface area (TPSA) is 46.8 Å². The van der Waals surface area contributed by atoms with Gasteiger partial charge in [0.1, 0.15) is 17.2 Å². The van der Waals surface area contributed by atoms with Crippen LogP contribution in [0.3, 0.4) is 0 Å². The molecule has 1 N–H and O–H groups in total. The summed E-state index contributed by atoms with van der Waals surface area (Å²) in [4.78, 5) is 4.73. The van der Waals surface area contributed by atoms with Crippen LogP contribution in [-0.2, 0) is 6.61 Å². The summed E-state index contributed by atoms with van der Waals surface area (Å²) in [6, 6.07) is 16.4. The van der Waals surface area contributed by atoms with Crippen molar-refractivity contribution in [1.29, 1.82) is 0 Å². The summed E-state index contributed by atoms with van der Waals surface area (Å²) in [5.74, 6) is 0.390.